The van der Waals surface area contributed by atoms with Gasteiger partial charge in [0.2, 0.25) is 0 Å². The summed E-state index contributed by atoms with van der Waals surface area (Å²) in [7, 11) is 0. The van der Waals surface area contributed by atoms with Crippen LogP contribution in [0.25, 0.3) is 0 Å². The fraction of sp³-hybridized carbons (Fsp3) is 1.00. The van der Waals surface area contributed by atoms with E-state index in [9.17, 15) is 0 Å². The Morgan fingerprint density at radius 2 is 2.00 bits per heavy atom. The van der Waals surface area contributed by atoms with Crippen molar-refractivity contribution >= 4 is 11.8 Å². The lowest BCUT2D eigenvalue weighted by atomic mass is 10.1. The maximum atomic E-state index is 3.57. The molecule has 0 aromatic rings. The maximum absolute atomic E-state index is 3.57. The smallest absolute Gasteiger partial charge is 0.00191 e. The van der Waals surface area contributed by atoms with Crippen LogP contribution >= 0.6 is 11.8 Å². The molecule has 1 atom stereocenters. The molecule has 96 valence electrons. The molecule has 1 fully saturated rings. The molecule has 2 nitrogen and oxygen atoms in total. The fourth-order valence-corrected chi connectivity index (χ4v) is 2.77. The van der Waals surface area contributed by atoms with Crippen molar-refractivity contribution in [3.63, 3.8) is 0 Å². The Balaban J connectivity index is 1.95. The lowest BCUT2D eigenvalue weighted by Gasteiger charge is -2.29. The first-order chi connectivity index (χ1) is 7.83. The second-order valence-electron chi connectivity index (χ2n) is 5.02. The molecule has 1 heterocycles. The van der Waals surface area contributed by atoms with Gasteiger partial charge in [-0.25, -0.2) is 0 Å². The minimum Gasteiger partial charge on any atom is -0.316 e. The summed E-state index contributed by atoms with van der Waals surface area (Å²) in [6.07, 6.45) is 7.75. The van der Waals surface area contributed by atoms with E-state index in [-0.39, 0.29) is 0 Å². The van der Waals surface area contributed by atoms with E-state index < -0.39 is 0 Å². The second kappa shape index (κ2) is 9.32. The van der Waals surface area contributed by atoms with Gasteiger partial charge in [-0.1, -0.05) is 13.3 Å². The average Bonchev–Trinajstić information content (AvgIpc) is 2.30. The van der Waals surface area contributed by atoms with Crippen LogP contribution in [0, 0.1) is 5.92 Å². The molecular formula is C13H28N2S. The van der Waals surface area contributed by atoms with Crippen molar-refractivity contribution in [3.8, 4) is 0 Å². The third-order valence-corrected chi connectivity index (χ3v) is 3.91. The Labute approximate surface area is 106 Å². The second-order valence-corrected chi connectivity index (χ2v) is 6.00. The first-order valence-electron chi connectivity index (χ1n) is 6.75. The molecule has 16 heavy (non-hydrogen) atoms. The average molecular weight is 244 g/mol. The van der Waals surface area contributed by atoms with Crippen molar-refractivity contribution in [2.75, 3.05) is 44.7 Å². The first-order valence-corrected chi connectivity index (χ1v) is 8.14. The van der Waals surface area contributed by atoms with E-state index in [0.717, 1.165) is 5.92 Å². The zero-order valence-electron chi connectivity index (χ0n) is 11.0. The molecule has 0 aromatic heterocycles. The highest BCUT2D eigenvalue weighted by atomic mass is 32.2. The Morgan fingerprint density at radius 1 is 1.25 bits per heavy atom. The molecule has 1 aliphatic heterocycles. The van der Waals surface area contributed by atoms with Gasteiger partial charge in [-0.2, -0.15) is 11.8 Å². The van der Waals surface area contributed by atoms with Gasteiger partial charge in [-0.05, 0) is 63.4 Å². The van der Waals surface area contributed by atoms with Crippen LogP contribution in [0.3, 0.4) is 0 Å². The van der Waals surface area contributed by atoms with Gasteiger partial charge in [0.15, 0.2) is 0 Å². The SMILES string of the molecule is CSCCCNCC(C)CN1CCCCC1. The fourth-order valence-electron chi connectivity index (χ4n) is 2.34. The van der Waals surface area contributed by atoms with Crippen molar-refractivity contribution in [3.05, 3.63) is 0 Å². The van der Waals surface area contributed by atoms with Crippen molar-refractivity contribution < 1.29 is 0 Å². The van der Waals surface area contributed by atoms with Crippen LogP contribution in [0.2, 0.25) is 0 Å². The zero-order chi connectivity index (χ0) is 11.6. The molecular weight excluding hydrogens is 216 g/mol. The van der Waals surface area contributed by atoms with E-state index in [2.05, 4.69) is 23.4 Å². The molecule has 0 spiro atoms. The number of likely N-dealkylation sites (tertiary alicyclic amines) is 1. The summed E-state index contributed by atoms with van der Waals surface area (Å²) in [4.78, 5) is 2.64. The maximum Gasteiger partial charge on any atom is 0.00191 e. The predicted molar refractivity (Wildman–Crippen MR) is 75.3 cm³/mol. The van der Waals surface area contributed by atoms with E-state index in [4.69, 9.17) is 0 Å². The standard InChI is InChI=1S/C13H28N2S/c1-13(11-14-7-6-10-16-2)12-15-8-4-3-5-9-15/h13-14H,3-12H2,1-2H3. The molecule has 0 saturated carbocycles. The summed E-state index contributed by atoms with van der Waals surface area (Å²) in [5.41, 5.74) is 0. The monoisotopic (exact) mass is 244 g/mol. The lowest BCUT2D eigenvalue weighted by Crippen LogP contribution is -2.36. The third-order valence-electron chi connectivity index (χ3n) is 3.21. The van der Waals surface area contributed by atoms with Gasteiger partial charge < -0.3 is 10.2 Å². The topological polar surface area (TPSA) is 15.3 Å². The van der Waals surface area contributed by atoms with Crippen molar-refractivity contribution in [1.29, 1.82) is 0 Å². The Kier molecular flexibility index (Phi) is 8.34. The molecule has 0 radical (unpaired) electrons. The molecule has 1 aliphatic rings. The van der Waals surface area contributed by atoms with Crippen LogP contribution in [-0.2, 0) is 0 Å². The number of nitrogens with one attached hydrogen (secondary N) is 1. The number of rotatable bonds is 8. The van der Waals surface area contributed by atoms with Crippen LogP contribution in [0.4, 0.5) is 0 Å². The van der Waals surface area contributed by atoms with E-state index in [1.54, 1.807) is 0 Å². The summed E-state index contributed by atoms with van der Waals surface area (Å²) in [5.74, 6) is 2.08. The Morgan fingerprint density at radius 3 is 2.69 bits per heavy atom. The molecule has 1 rings (SSSR count). The molecule has 0 amide bonds. The van der Waals surface area contributed by atoms with E-state index >= 15 is 0 Å². The summed E-state index contributed by atoms with van der Waals surface area (Å²) in [5, 5.41) is 3.57. The zero-order valence-corrected chi connectivity index (χ0v) is 11.8. The minimum absolute atomic E-state index is 0.798. The number of piperidine rings is 1. The highest BCUT2D eigenvalue weighted by Crippen LogP contribution is 2.10. The van der Waals surface area contributed by atoms with Crippen LogP contribution in [0.5, 0.6) is 0 Å². The highest BCUT2D eigenvalue weighted by Gasteiger charge is 2.12. The highest BCUT2D eigenvalue weighted by molar-refractivity contribution is 7.98. The quantitative estimate of drug-likeness (QED) is 0.660. The number of nitrogens with zero attached hydrogens (tertiary/aromatic N) is 1. The van der Waals surface area contributed by atoms with Crippen LogP contribution in [0.1, 0.15) is 32.6 Å². The predicted octanol–water partition coefficient (Wildman–Crippen LogP) is 2.45. The number of hydrogen-bond donors (Lipinski definition) is 1. The number of hydrogen-bond acceptors (Lipinski definition) is 3. The summed E-state index contributed by atoms with van der Waals surface area (Å²) in [6.45, 7) is 8.69. The van der Waals surface area contributed by atoms with Crippen molar-refractivity contribution in [2.24, 2.45) is 5.92 Å². The summed E-state index contributed by atoms with van der Waals surface area (Å²) >= 11 is 1.94. The molecule has 3 heteroatoms. The lowest BCUT2D eigenvalue weighted by molar-refractivity contribution is 0.199. The van der Waals surface area contributed by atoms with Gasteiger partial charge in [0.25, 0.3) is 0 Å². The molecule has 0 bridgehead atoms. The van der Waals surface area contributed by atoms with E-state index in [0.29, 0.717) is 0 Å². The van der Waals surface area contributed by atoms with Gasteiger partial charge in [0.05, 0.1) is 0 Å². The normalized spacial score (nSPS) is 19.9. The van der Waals surface area contributed by atoms with Crippen LogP contribution in [0.15, 0.2) is 0 Å². The van der Waals surface area contributed by atoms with Gasteiger partial charge in [-0.3, -0.25) is 0 Å². The third kappa shape index (κ3) is 6.77. The first kappa shape index (κ1) is 14.3. The minimum atomic E-state index is 0.798. The Hall–Kier alpha value is 0.270. The molecule has 0 aliphatic carbocycles. The van der Waals surface area contributed by atoms with Crippen LogP contribution < -0.4 is 5.32 Å². The summed E-state index contributed by atoms with van der Waals surface area (Å²) in [6, 6.07) is 0. The van der Waals surface area contributed by atoms with Crippen molar-refractivity contribution in [1.82, 2.24) is 10.2 Å². The van der Waals surface area contributed by atoms with Gasteiger partial charge in [0.1, 0.15) is 0 Å². The summed E-state index contributed by atoms with van der Waals surface area (Å²) < 4.78 is 0. The molecule has 0 aromatic carbocycles. The largest absolute Gasteiger partial charge is 0.316 e. The van der Waals surface area contributed by atoms with Gasteiger partial charge in [0, 0.05) is 6.54 Å². The van der Waals surface area contributed by atoms with E-state index in [1.807, 2.05) is 11.8 Å². The Bertz CT molecular complexity index is 158. The number of thioether (sulfide) groups is 1. The molecule has 1 saturated heterocycles. The van der Waals surface area contributed by atoms with Crippen molar-refractivity contribution in [2.45, 2.75) is 32.6 Å². The van der Waals surface area contributed by atoms with E-state index in [1.165, 1.54) is 64.2 Å². The van der Waals surface area contributed by atoms with Gasteiger partial charge in [-0.15, -0.1) is 0 Å². The van der Waals surface area contributed by atoms with Crippen LogP contribution in [-0.4, -0.2) is 49.6 Å². The van der Waals surface area contributed by atoms with Gasteiger partial charge >= 0.3 is 0 Å². The molecule has 1 unspecified atom stereocenters. The molecule has 1 N–H and O–H groups in total.